The summed E-state index contributed by atoms with van der Waals surface area (Å²) >= 11 is 8.10. The molecule has 1 aliphatic rings. The van der Waals surface area contributed by atoms with Crippen molar-refractivity contribution in [1.82, 2.24) is 5.32 Å². The summed E-state index contributed by atoms with van der Waals surface area (Å²) in [5.74, 6) is -0.0340. The van der Waals surface area contributed by atoms with Gasteiger partial charge in [-0.05, 0) is 60.6 Å². The van der Waals surface area contributed by atoms with Gasteiger partial charge in [-0.15, -0.1) is 0 Å². The highest BCUT2D eigenvalue weighted by atomic mass is 127. The third-order valence-corrected chi connectivity index (χ3v) is 4.17. The monoisotopic (exact) mass is 335 g/mol. The van der Waals surface area contributed by atoms with Gasteiger partial charge in [0, 0.05) is 14.7 Å². The molecule has 0 radical (unpaired) electrons. The van der Waals surface area contributed by atoms with E-state index in [1.807, 2.05) is 6.07 Å². The number of hydrogen-bond acceptors (Lipinski definition) is 1. The minimum Gasteiger partial charge on any atom is -0.347 e. The fourth-order valence-corrected chi connectivity index (χ4v) is 1.81. The van der Waals surface area contributed by atoms with Crippen molar-refractivity contribution < 1.29 is 4.79 Å². The molecule has 4 heteroatoms. The Kier molecular flexibility index (Phi) is 2.94. The summed E-state index contributed by atoms with van der Waals surface area (Å²) in [6, 6.07) is 5.37. The van der Waals surface area contributed by atoms with E-state index in [2.05, 4.69) is 34.8 Å². The van der Waals surface area contributed by atoms with Crippen LogP contribution in [0.25, 0.3) is 0 Å². The molecule has 2 rings (SSSR count). The van der Waals surface area contributed by atoms with Crippen LogP contribution in [0.15, 0.2) is 18.2 Å². The molecule has 1 aliphatic carbocycles. The van der Waals surface area contributed by atoms with Crippen LogP contribution < -0.4 is 5.32 Å². The first kappa shape index (κ1) is 11.2. The van der Waals surface area contributed by atoms with Crippen LogP contribution in [-0.2, 0) is 0 Å². The molecule has 1 amide bonds. The predicted molar refractivity (Wildman–Crippen MR) is 69.3 cm³/mol. The summed E-state index contributed by atoms with van der Waals surface area (Å²) in [7, 11) is 0. The van der Waals surface area contributed by atoms with E-state index in [0.29, 0.717) is 10.6 Å². The van der Waals surface area contributed by atoms with Crippen molar-refractivity contribution in [1.29, 1.82) is 0 Å². The van der Waals surface area contributed by atoms with Crippen LogP contribution in [0.5, 0.6) is 0 Å². The Morgan fingerprint density at radius 2 is 2.20 bits per heavy atom. The van der Waals surface area contributed by atoms with Crippen LogP contribution in [0.3, 0.4) is 0 Å². The summed E-state index contributed by atoms with van der Waals surface area (Å²) in [4.78, 5) is 11.8. The number of benzene rings is 1. The molecule has 0 atom stereocenters. The summed E-state index contributed by atoms with van der Waals surface area (Å²) in [6.07, 6.45) is 2.13. The fraction of sp³-hybridized carbons (Fsp3) is 0.364. The molecule has 1 aromatic carbocycles. The van der Waals surface area contributed by atoms with Crippen molar-refractivity contribution in [2.75, 3.05) is 0 Å². The molecule has 1 aromatic rings. The molecule has 0 aromatic heterocycles. The first-order valence-electron chi connectivity index (χ1n) is 4.78. The highest BCUT2D eigenvalue weighted by Gasteiger charge is 2.38. The zero-order chi connectivity index (χ0) is 11.1. The number of amides is 1. The lowest BCUT2D eigenvalue weighted by atomic mass is 10.2. The summed E-state index contributed by atoms with van der Waals surface area (Å²) in [5.41, 5.74) is 0.653. The Bertz CT molecular complexity index is 415. The molecular formula is C11H11ClINO. The van der Waals surface area contributed by atoms with Gasteiger partial charge >= 0.3 is 0 Å². The molecule has 15 heavy (non-hydrogen) atoms. The molecule has 0 bridgehead atoms. The lowest BCUT2D eigenvalue weighted by molar-refractivity contribution is 0.0935. The van der Waals surface area contributed by atoms with Gasteiger partial charge in [-0.2, -0.15) is 0 Å². The second-order valence-electron chi connectivity index (χ2n) is 4.14. The molecule has 1 saturated carbocycles. The van der Waals surface area contributed by atoms with Crippen LogP contribution >= 0.6 is 34.2 Å². The van der Waals surface area contributed by atoms with E-state index in [1.165, 1.54) is 0 Å². The van der Waals surface area contributed by atoms with Crippen LogP contribution in [-0.4, -0.2) is 11.4 Å². The lowest BCUT2D eigenvalue weighted by Crippen LogP contribution is -2.34. The molecule has 1 fully saturated rings. The Morgan fingerprint density at radius 3 is 2.73 bits per heavy atom. The van der Waals surface area contributed by atoms with Crippen LogP contribution in [0, 0.1) is 3.57 Å². The highest BCUT2D eigenvalue weighted by molar-refractivity contribution is 14.1. The van der Waals surface area contributed by atoms with Gasteiger partial charge in [-0.3, -0.25) is 4.79 Å². The van der Waals surface area contributed by atoms with Gasteiger partial charge in [0.2, 0.25) is 0 Å². The first-order valence-corrected chi connectivity index (χ1v) is 6.23. The zero-order valence-electron chi connectivity index (χ0n) is 8.31. The highest BCUT2D eigenvalue weighted by Crippen LogP contribution is 2.34. The molecule has 80 valence electrons. The molecular weight excluding hydrogens is 324 g/mol. The van der Waals surface area contributed by atoms with Crippen molar-refractivity contribution in [3.63, 3.8) is 0 Å². The van der Waals surface area contributed by atoms with E-state index in [-0.39, 0.29) is 11.4 Å². The Balaban J connectivity index is 2.15. The molecule has 0 heterocycles. The number of carbonyl (C=O) groups is 1. The van der Waals surface area contributed by atoms with Crippen molar-refractivity contribution in [2.45, 2.75) is 25.3 Å². The summed E-state index contributed by atoms with van der Waals surface area (Å²) in [5, 5.41) is 3.62. The van der Waals surface area contributed by atoms with Crippen molar-refractivity contribution in [3.8, 4) is 0 Å². The number of carbonyl (C=O) groups excluding carboxylic acids is 1. The van der Waals surface area contributed by atoms with Gasteiger partial charge < -0.3 is 5.32 Å². The maximum Gasteiger partial charge on any atom is 0.251 e. The van der Waals surface area contributed by atoms with E-state index < -0.39 is 0 Å². The Hall–Kier alpha value is -0.290. The second kappa shape index (κ2) is 3.94. The van der Waals surface area contributed by atoms with Crippen LogP contribution in [0.4, 0.5) is 0 Å². The third-order valence-electron chi connectivity index (χ3n) is 2.60. The molecule has 0 spiro atoms. The van der Waals surface area contributed by atoms with Gasteiger partial charge in [-0.25, -0.2) is 0 Å². The van der Waals surface area contributed by atoms with Crippen molar-refractivity contribution in [2.24, 2.45) is 0 Å². The molecule has 0 saturated heterocycles. The smallest absolute Gasteiger partial charge is 0.251 e. The number of hydrogen-bond donors (Lipinski definition) is 1. The standard InChI is InChI=1S/C11H11ClINO/c1-11(4-5-11)14-10(15)7-2-3-9(13)8(12)6-7/h2-3,6H,4-5H2,1H3,(H,14,15). The number of halogens is 2. The van der Waals surface area contributed by atoms with Crippen LogP contribution in [0.1, 0.15) is 30.1 Å². The van der Waals surface area contributed by atoms with Gasteiger partial charge in [-0.1, -0.05) is 11.6 Å². The quantitative estimate of drug-likeness (QED) is 0.826. The lowest BCUT2D eigenvalue weighted by Gasteiger charge is -2.11. The zero-order valence-corrected chi connectivity index (χ0v) is 11.2. The van der Waals surface area contributed by atoms with Crippen molar-refractivity contribution >= 4 is 40.1 Å². The summed E-state index contributed by atoms with van der Waals surface area (Å²) < 4.78 is 0.962. The van der Waals surface area contributed by atoms with E-state index in [9.17, 15) is 4.79 Å². The van der Waals surface area contributed by atoms with E-state index >= 15 is 0 Å². The van der Waals surface area contributed by atoms with Gasteiger partial charge in [0.25, 0.3) is 5.91 Å². The van der Waals surface area contributed by atoms with Gasteiger partial charge in [0.15, 0.2) is 0 Å². The minimum absolute atomic E-state index is 0.0204. The van der Waals surface area contributed by atoms with E-state index in [4.69, 9.17) is 11.6 Å². The molecule has 1 N–H and O–H groups in total. The van der Waals surface area contributed by atoms with E-state index in [0.717, 1.165) is 16.4 Å². The largest absolute Gasteiger partial charge is 0.347 e. The van der Waals surface area contributed by atoms with Gasteiger partial charge in [0.1, 0.15) is 0 Å². The fourth-order valence-electron chi connectivity index (χ4n) is 1.30. The first-order chi connectivity index (χ1) is 7.00. The SMILES string of the molecule is CC1(NC(=O)c2ccc(I)c(Cl)c2)CC1. The second-order valence-corrected chi connectivity index (χ2v) is 5.71. The maximum absolute atomic E-state index is 11.8. The topological polar surface area (TPSA) is 29.1 Å². The third kappa shape index (κ3) is 2.64. The number of nitrogens with one attached hydrogen (secondary N) is 1. The maximum atomic E-state index is 11.8. The van der Waals surface area contributed by atoms with Crippen molar-refractivity contribution in [3.05, 3.63) is 32.4 Å². The molecule has 0 aliphatic heterocycles. The van der Waals surface area contributed by atoms with Crippen LogP contribution in [0.2, 0.25) is 5.02 Å². The minimum atomic E-state index is -0.0340. The molecule has 2 nitrogen and oxygen atoms in total. The predicted octanol–water partition coefficient (Wildman–Crippen LogP) is 3.23. The Labute approximate surface area is 108 Å². The van der Waals surface area contributed by atoms with E-state index in [1.54, 1.807) is 12.1 Å². The average Bonchev–Trinajstić information content (AvgIpc) is 2.88. The average molecular weight is 336 g/mol. The number of rotatable bonds is 2. The van der Waals surface area contributed by atoms with Gasteiger partial charge in [0.05, 0.1) is 5.02 Å². The molecule has 0 unspecified atom stereocenters. The Morgan fingerprint density at radius 1 is 1.53 bits per heavy atom. The normalized spacial score (nSPS) is 17.3. The summed E-state index contributed by atoms with van der Waals surface area (Å²) in [6.45, 7) is 2.05.